The van der Waals surface area contributed by atoms with Crippen LogP contribution in [0, 0.1) is 0 Å². The summed E-state index contributed by atoms with van der Waals surface area (Å²) in [5.41, 5.74) is 0. The molecule has 0 heterocycles. The zero-order chi connectivity index (χ0) is 10.3. The standard InChI is InChI=1S/C8H9O5/c9-3-1-2-6(10)4-7(11)5-8(12)13/h1-2,4-5H2,(H,12,13). The number of carbonyl (C=O) groups excluding carboxylic acids is 3. The van der Waals surface area contributed by atoms with E-state index in [1.165, 1.54) is 6.29 Å². The third-order valence-corrected chi connectivity index (χ3v) is 1.25. The van der Waals surface area contributed by atoms with Gasteiger partial charge >= 0.3 is 5.97 Å². The van der Waals surface area contributed by atoms with Crippen molar-refractivity contribution in [1.29, 1.82) is 0 Å². The fourth-order valence-corrected chi connectivity index (χ4v) is 0.730. The van der Waals surface area contributed by atoms with Crippen LogP contribution in [0.1, 0.15) is 25.7 Å². The highest BCUT2D eigenvalue weighted by molar-refractivity contribution is 6.05. The number of hydrogen-bond donors (Lipinski definition) is 1. The lowest BCUT2D eigenvalue weighted by Crippen LogP contribution is -2.11. The summed E-state index contributed by atoms with van der Waals surface area (Å²) in [6.07, 6.45) is 0.374. The number of rotatable bonds is 7. The molecule has 0 atom stereocenters. The van der Waals surface area contributed by atoms with Gasteiger partial charge in [-0.25, -0.2) is 0 Å². The maximum Gasteiger partial charge on any atom is 0.310 e. The van der Waals surface area contributed by atoms with Crippen LogP contribution in [0.15, 0.2) is 0 Å². The van der Waals surface area contributed by atoms with E-state index in [2.05, 4.69) is 0 Å². The van der Waals surface area contributed by atoms with Crippen LogP contribution in [-0.2, 0) is 19.2 Å². The van der Waals surface area contributed by atoms with Crippen LogP contribution in [0.25, 0.3) is 0 Å². The lowest BCUT2D eigenvalue weighted by molar-refractivity contribution is -0.140. The molecule has 0 aromatic carbocycles. The molecule has 13 heavy (non-hydrogen) atoms. The Morgan fingerprint density at radius 1 is 1.08 bits per heavy atom. The van der Waals surface area contributed by atoms with Crippen molar-refractivity contribution in [3.05, 3.63) is 0 Å². The Labute approximate surface area is 74.7 Å². The first-order chi connectivity index (χ1) is 6.06. The van der Waals surface area contributed by atoms with Crippen LogP contribution in [0.4, 0.5) is 0 Å². The van der Waals surface area contributed by atoms with E-state index in [9.17, 15) is 19.2 Å². The quantitative estimate of drug-likeness (QED) is 0.558. The Bertz CT molecular complexity index is 231. The van der Waals surface area contributed by atoms with E-state index in [0.29, 0.717) is 0 Å². The molecular weight excluding hydrogens is 176 g/mol. The second kappa shape index (κ2) is 6.05. The lowest BCUT2D eigenvalue weighted by Gasteiger charge is -1.94. The van der Waals surface area contributed by atoms with E-state index in [1.54, 1.807) is 0 Å². The number of carboxylic acid groups (broad SMARTS) is 1. The molecule has 1 N–H and O–H groups in total. The molecular formula is C8H9O5. The van der Waals surface area contributed by atoms with Crippen LogP contribution in [0.5, 0.6) is 0 Å². The fourth-order valence-electron chi connectivity index (χ4n) is 0.730. The molecule has 5 heteroatoms. The molecule has 0 spiro atoms. The van der Waals surface area contributed by atoms with Crippen molar-refractivity contribution < 1.29 is 24.3 Å². The molecule has 0 rings (SSSR count). The van der Waals surface area contributed by atoms with Crippen molar-refractivity contribution in [2.45, 2.75) is 25.7 Å². The van der Waals surface area contributed by atoms with E-state index >= 15 is 0 Å². The molecule has 0 bridgehead atoms. The monoisotopic (exact) mass is 185 g/mol. The topological polar surface area (TPSA) is 88.5 Å². The van der Waals surface area contributed by atoms with E-state index in [-0.39, 0.29) is 12.8 Å². The molecule has 0 fully saturated rings. The lowest BCUT2D eigenvalue weighted by atomic mass is 10.1. The summed E-state index contributed by atoms with van der Waals surface area (Å²) in [6.45, 7) is 0. The van der Waals surface area contributed by atoms with Gasteiger partial charge in [0.1, 0.15) is 12.2 Å². The number of carbonyl (C=O) groups is 3. The van der Waals surface area contributed by atoms with Crippen LogP contribution in [0.3, 0.4) is 0 Å². The molecule has 0 aliphatic heterocycles. The highest BCUT2D eigenvalue weighted by atomic mass is 16.4. The Hall–Kier alpha value is -1.52. The smallest absolute Gasteiger partial charge is 0.310 e. The molecule has 0 unspecified atom stereocenters. The number of ketones is 2. The summed E-state index contributed by atoms with van der Waals surface area (Å²) < 4.78 is 0. The summed E-state index contributed by atoms with van der Waals surface area (Å²) in [5, 5.41) is 8.18. The summed E-state index contributed by atoms with van der Waals surface area (Å²) in [7, 11) is 0. The number of aliphatic carboxylic acids is 1. The number of Topliss-reactive ketones (excluding diaryl/α,β-unsaturated/α-hetero) is 2. The van der Waals surface area contributed by atoms with E-state index in [0.717, 1.165) is 0 Å². The fraction of sp³-hybridized carbons (Fsp3) is 0.500. The first-order valence-corrected chi connectivity index (χ1v) is 3.66. The Balaban J connectivity index is 3.71. The van der Waals surface area contributed by atoms with Crippen molar-refractivity contribution in [2.24, 2.45) is 0 Å². The van der Waals surface area contributed by atoms with E-state index < -0.39 is 30.4 Å². The Morgan fingerprint density at radius 2 is 1.69 bits per heavy atom. The van der Waals surface area contributed by atoms with Gasteiger partial charge in [0.2, 0.25) is 0 Å². The zero-order valence-electron chi connectivity index (χ0n) is 6.91. The second-order valence-corrected chi connectivity index (χ2v) is 2.47. The van der Waals surface area contributed by atoms with Gasteiger partial charge in [0.05, 0.1) is 6.42 Å². The maximum absolute atomic E-state index is 10.8. The molecule has 0 saturated carbocycles. The normalized spacial score (nSPS) is 9.23. The summed E-state index contributed by atoms with van der Waals surface area (Å²) in [5.74, 6) is -2.31. The van der Waals surface area contributed by atoms with Crippen LogP contribution in [-0.4, -0.2) is 28.9 Å². The minimum absolute atomic E-state index is 0.0425. The van der Waals surface area contributed by atoms with Crippen molar-refractivity contribution in [1.82, 2.24) is 0 Å². The van der Waals surface area contributed by atoms with Gasteiger partial charge in [0, 0.05) is 12.8 Å². The SMILES string of the molecule is O=[C]CCC(=O)CC(=O)CC(=O)O. The van der Waals surface area contributed by atoms with Gasteiger partial charge in [0.15, 0.2) is 12.1 Å². The highest BCUT2D eigenvalue weighted by Gasteiger charge is 2.12. The van der Waals surface area contributed by atoms with E-state index in [1.807, 2.05) is 0 Å². The zero-order valence-corrected chi connectivity index (χ0v) is 6.91. The Morgan fingerprint density at radius 3 is 2.15 bits per heavy atom. The summed E-state index contributed by atoms with van der Waals surface area (Å²) in [4.78, 5) is 41.3. The molecule has 0 aromatic heterocycles. The Kier molecular flexibility index (Phi) is 5.34. The van der Waals surface area contributed by atoms with Crippen LogP contribution in [0.2, 0.25) is 0 Å². The highest BCUT2D eigenvalue weighted by Crippen LogP contribution is 1.97. The molecule has 0 amide bonds. The molecule has 0 aromatic rings. The van der Waals surface area contributed by atoms with Crippen LogP contribution < -0.4 is 0 Å². The summed E-state index contributed by atoms with van der Waals surface area (Å²) >= 11 is 0. The average molecular weight is 185 g/mol. The third-order valence-electron chi connectivity index (χ3n) is 1.25. The maximum atomic E-state index is 10.8. The van der Waals surface area contributed by atoms with Gasteiger partial charge in [0.25, 0.3) is 0 Å². The number of carboxylic acids is 1. The minimum Gasteiger partial charge on any atom is -0.481 e. The minimum atomic E-state index is -1.25. The van der Waals surface area contributed by atoms with Crippen molar-refractivity contribution in [3.63, 3.8) is 0 Å². The van der Waals surface area contributed by atoms with Gasteiger partial charge < -0.3 is 5.11 Å². The van der Waals surface area contributed by atoms with Gasteiger partial charge in [-0.05, 0) is 0 Å². The van der Waals surface area contributed by atoms with Gasteiger partial charge in [-0.15, -0.1) is 0 Å². The predicted octanol–water partition coefficient (Wildman–Crippen LogP) is -0.121. The third kappa shape index (κ3) is 6.86. The first-order valence-electron chi connectivity index (χ1n) is 3.66. The van der Waals surface area contributed by atoms with Crippen molar-refractivity contribution in [2.75, 3.05) is 0 Å². The molecule has 0 aliphatic rings. The molecule has 1 radical (unpaired) electrons. The first kappa shape index (κ1) is 11.5. The van der Waals surface area contributed by atoms with Gasteiger partial charge in [-0.3, -0.25) is 19.2 Å². The largest absolute Gasteiger partial charge is 0.481 e. The van der Waals surface area contributed by atoms with Crippen molar-refractivity contribution in [3.8, 4) is 0 Å². The molecule has 0 saturated heterocycles. The van der Waals surface area contributed by atoms with Crippen LogP contribution >= 0.6 is 0 Å². The van der Waals surface area contributed by atoms with E-state index in [4.69, 9.17) is 5.11 Å². The van der Waals surface area contributed by atoms with Gasteiger partial charge in [-0.2, -0.15) is 0 Å². The number of hydrogen-bond acceptors (Lipinski definition) is 4. The van der Waals surface area contributed by atoms with Gasteiger partial charge in [-0.1, -0.05) is 0 Å². The van der Waals surface area contributed by atoms with Crippen molar-refractivity contribution >= 4 is 23.8 Å². The predicted molar refractivity (Wildman–Crippen MR) is 41.8 cm³/mol. The average Bonchev–Trinajstić information content (AvgIpc) is 1.98. The molecule has 5 nitrogen and oxygen atoms in total. The molecule has 0 aliphatic carbocycles. The molecule has 71 valence electrons. The summed E-state index contributed by atoms with van der Waals surface area (Å²) in [6, 6.07) is 0. The second-order valence-electron chi connectivity index (χ2n) is 2.47.